The molecule has 0 aliphatic carbocycles. The first-order valence-electron chi connectivity index (χ1n) is 12.9. The number of Topliss-reactive ketones (excluding diaryl/α,β-unsaturated/α-hetero) is 1. The number of methoxy groups -OCH3 is 1. The number of piperazine rings is 1. The molecule has 1 heterocycles. The lowest BCUT2D eigenvalue weighted by molar-refractivity contribution is 0.0926. The lowest BCUT2D eigenvalue weighted by Crippen LogP contribution is -2.48. The van der Waals surface area contributed by atoms with E-state index in [4.69, 9.17) is 4.74 Å². The number of benzene rings is 4. The van der Waals surface area contributed by atoms with Crippen molar-refractivity contribution in [1.29, 1.82) is 0 Å². The number of carbonyl (C=O) groups excluding carboxylic acids is 1. The van der Waals surface area contributed by atoms with E-state index < -0.39 is 0 Å². The minimum atomic E-state index is 0.151. The third kappa shape index (κ3) is 5.90. The molecule has 1 aliphatic heterocycles. The summed E-state index contributed by atoms with van der Waals surface area (Å²) in [5, 5.41) is 2.50. The molecule has 5 rings (SSSR count). The number of ketones is 1. The molecule has 7 heteroatoms. The van der Waals surface area contributed by atoms with Crippen molar-refractivity contribution in [1.82, 2.24) is 4.90 Å². The second kappa shape index (κ2) is 11.8. The van der Waals surface area contributed by atoms with Crippen molar-refractivity contribution >= 4 is 45.6 Å². The molecule has 196 valence electrons. The molecule has 0 spiro atoms. The summed E-state index contributed by atoms with van der Waals surface area (Å²) in [6.07, 6.45) is 0. The molecule has 4 aromatic rings. The zero-order valence-corrected chi connectivity index (χ0v) is 23.0. The molecule has 38 heavy (non-hydrogen) atoms. The maximum absolute atomic E-state index is 12.7. The summed E-state index contributed by atoms with van der Waals surface area (Å²) in [4.78, 5) is 20.7. The maximum atomic E-state index is 12.7. The highest BCUT2D eigenvalue weighted by atomic mass is 32.2. The summed E-state index contributed by atoms with van der Waals surface area (Å²) in [5.74, 6) is 0.917. The Balaban J connectivity index is 1.14. The van der Waals surface area contributed by atoms with Crippen molar-refractivity contribution in [2.45, 2.75) is 4.90 Å². The Hall–Kier alpha value is -3.68. The highest BCUT2D eigenvalue weighted by molar-refractivity contribution is 8.00. The third-order valence-electron chi connectivity index (χ3n) is 7.00. The average molecular weight is 527 g/mol. The number of ether oxygens (including phenoxy) is 1. The zero-order chi connectivity index (χ0) is 26.5. The van der Waals surface area contributed by atoms with Crippen LogP contribution >= 0.6 is 11.9 Å². The number of anilines is 3. The average Bonchev–Trinajstić information content (AvgIpc) is 2.96. The van der Waals surface area contributed by atoms with Gasteiger partial charge in [0.05, 0.1) is 13.7 Å². The number of rotatable bonds is 9. The molecule has 0 bridgehead atoms. The molecule has 0 radical (unpaired) electrons. The van der Waals surface area contributed by atoms with Crippen LogP contribution in [0.4, 0.5) is 17.1 Å². The Bertz CT molecular complexity index is 1380. The van der Waals surface area contributed by atoms with Crippen LogP contribution in [0.5, 0.6) is 5.75 Å². The molecule has 4 aromatic carbocycles. The molecule has 0 saturated carbocycles. The maximum Gasteiger partial charge on any atom is 0.176 e. The first kappa shape index (κ1) is 25.9. The first-order chi connectivity index (χ1) is 18.5. The van der Waals surface area contributed by atoms with Crippen molar-refractivity contribution in [2.24, 2.45) is 0 Å². The molecule has 1 aliphatic rings. The smallest absolute Gasteiger partial charge is 0.176 e. The van der Waals surface area contributed by atoms with Crippen LogP contribution in [-0.2, 0) is 0 Å². The van der Waals surface area contributed by atoms with Crippen molar-refractivity contribution in [3.05, 3.63) is 90.5 Å². The molecule has 0 amide bonds. The van der Waals surface area contributed by atoms with Crippen LogP contribution in [-0.4, -0.2) is 64.6 Å². The second-order valence-corrected chi connectivity index (χ2v) is 10.5. The topological polar surface area (TPSA) is 48.1 Å². The Morgan fingerprint density at radius 3 is 2.24 bits per heavy atom. The summed E-state index contributed by atoms with van der Waals surface area (Å²) < 4.78 is 8.70. The predicted molar refractivity (Wildman–Crippen MR) is 160 cm³/mol. The van der Waals surface area contributed by atoms with Crippen molar-refractivity contribution in [3.8, 4) is 5.75 Å². The van der Waals surface area contributed by atoms with Crippen LogP contribution in [0.25, 0.3) is 10.8 Å². The van der Waals surface area contributed by atoms with Gasteiger partial charge in [-0.15, -0.1) is 0 Å². The van der Waals surface area contributed by atoms with E-state index in [1.54, 1.807) is 19.1 Å². The van der Waals surface area contributed by atoms with Crippen LogP contribution in [0, 0.1) is 0 Å². The van der Waals surface area contributed by atoms with Gasteiger partial charge in [0.15, 0.2) is 5.78 Å². The number of hydrogen-bond donors (Lipinski definition) is 1. The van der Waals surface area contributed by atoms with Crippen molar-refractivity contribution in [2.75, 3.05) is 68.5 Å². The Morgan fingerprint density at radius 1 is 0.868 bits per heavy atom. The normalized spacial score (nSPS) is 13.9. The highest BCUT2D eigenvalue weighted by Gasteiger charge is 2.20. The molecule has 1 N–H and O–H groups in total. The number of carbonyl (C=O) groups is 1. The zero-order valence-electron chi connectivity index (χ0n) is 22.2. The van der Waals surface area contributed by atoms with Gasteiger partial charge in [-0.3, -0.25) is 9.69 Å². The van der Waals surface area contributed by atoms with Gasteiger partial charge in [0.1, 0.15) is 5.75 Å². The van der Waals surface area contributed by atoms with Gasteiger partial charge in [-0.05, 0) is 78.0 Å². The van der Waals surface area contributed by atoms with Gasteiger partial charge in [0, 0.05) is 73.2 Å². The van der Waals surface area contributed by atoms with Crippen LogP contribution < -0.4 is 19.3 Å². The van der Waals surface area contributed by atoms with E-state index in [9.17, 15) is 4.79 Å². The summed E-state index contributed by atoms with van der Waals surface area (Å²) in [6.45, 7) is 4.00. The number of hydrogen-bond acceptors (Lipinski definition) is 7. The molecule has 6 nitrogen and oxygen atoms in total. The van der Waals surface area contributed by atoms with E-state index in [1.807, 2.05) is 24.3 Å². The largest absolute Gasteiger partial charge is 0.497 e. The van der Waals surface area contributed by atoms with Gasteiger partial charge in [0.25, 0.3) is 0 Å². The number of nitrogens with zero attached hydrogens (tertiary/aromatic N) is 3. The number of nitrogens with one attached hydrogen (secondary N) is 1. The molecule has 1 fully saturated rings. The van der Waals surface area contributed by atoms with Crippen LogP contribution in [0.3, 0.4) is 0 Å². The highest BCUT2D eigenvalue weighted by Crippen LogP contribution is 2.33. The summed E-state index contributed by atoms with van der Waals surface area (Å²) in [5.41, 5.74) is 4.24. The number of fused-ring (bicyclic) bond motifs is 1. The first-order valence-corrected chi connectivity index (χ1v) is 13.7. The van der Waals surface area contributed by atoms with Gasteiger partial charge in [-0.25, -0.2) is 0 Å². The summed E-state index contributed by atoms with van der Waals surface area (Å²) >= 11 is 1.64. The second-order valence-electron chi connectivity index (χ2n) is 9.69. The summed E-state index contributed by atoms with van der Waals surface area (Å²) in [6, 6.07) is 28.9. The van der Waals surface area contributed by atoms with E-state index in [1.165, 1.54) is 27.0 Å². The quantitative estimate of drug-likeness (QED) is 0.211. The Kier molecular flexibility index (Phi) is 8.05. The van der Waals surface area contributed by atoms with Crippen LogP contribution in [0.15, 0.2) is 89.8 Å². The van der Waals surface area contributed by atoms with Crippen LogP contribution in [0.2, 0.25) is 0 Å². The van der Waals surface area contributed by atoms with Crippen molar-refractivity contribution < 1.29 is 9.53 Å². The van der Waals surface area contributed by atoms with Gasteiger partial charge < -0.3 is 19.3 Å². The van der Waals surface area contributed by atoms with Gasteiger partial charge in [0.2, 0.25) is 0 Å². The Morgan fingerprint density at radius 2 is 1.55 bits per heavy atom. The fraction of sp³-hybridized carbons (Fsp3) is 0.258. The van der Waals surface area contributed by atoms with E-state index in [-0.39, 0.29) is 5.78 Å². The molecule has 1 saturated heterocycles. The minimum Gasteiger partial charge on any atom is -0.497 e. The van der Waals surface area contributed by atoms with E-state index in [0.717, 1.165) is 43.2 Å². The third-order valence-corrected chi connectivity index (χ3v) is 7.92. The minimum absolute atomic E-state index is 0.151. The van der Waals surface area contributed by atoms with Gasteiger partial charge in [-0.2, -0.15) is 0 Å². The summed E-state index contributed by atoms with van der Waals surface area (Å²) in [7, 11) is 5.79. The monoisotopic (exact) mass is 526 g/mol. The van der Waals surface area contributed by atoms with E-state index in [2.05, 4.69) is 94.2 Å². The fourth-order valence-electron chi connectivity index (χ4n) is 4.83. The van der Waals surface area contributed by atoms with Gasteiger partial charge >= 0.3 is 0 Å². The standard InChI is InChI=1S/C31H34N4O2S/c1-33(2)29-8-4-7-28-27(29)6-5-9-31(28)38-32-24-12-14-25(15-13-24)35-20-18-34(19-21-35)22-30(36)23-10-16-26(37-3)17-11-23/h4-17,32H,18-22H2,1-3H3. The van der Waals surface area contributed by atoms with E-state index in [0.29, 0.717) is 6.54 Å². The lowest BCUT2D eigenvalue weighted by atomic mass is 10.1. The molecule has 0 atom stereocenters. The SMILES string of the molecule is COc1ccc(C(=O)CN2CCN(c3ccc(NSc4cccc5c(N(C)C)cccc45)cc3)CC2)cc1. The van der Waals surface area contributed by atoms with Gasteiger partial charge in [-0.1, -0.05) is 24.3 Å². The molecule has 0 unspecified atom stereocenters. The lowest BCUT2D eigenvalue weighted by Gasteiger charge is -2.35. The molecular weight excluding hydrogens is 492 g/mol. The molecule has 0 aromatic heterocycles. The predicted octanol–water partition coefficient (Wildman–Crippen LogP) is 6.04. The van der Waals surface area contributed by atoms with Crippen molar-refractivity contribution in [3.63, 3.8) is 0 Å². The van der Waals surface area contributed by atoms with Crippen LogP contribution in [0.1, 0.15) is 10.4 Å². The Labute approximate surface area is 229 Å². The van der Waals surface area contributed by atoms with E-state index >= 15 is 0 Å². The fourth-order valence-corrected chi connectivity index (χ4v) is 5.63. The molecular formula is C31H34N4O2S.